The summed E-state index contributed by atoms with van der Waals surface area (Å²) in [5.41, 5.74) is 0.849. The van der Waals surface area contributed by atoms with E-state index in [0.717, 1.165) is 50.8 Å². The molecule has 3 heterocycles. The molecule has 1 aromatic heterocycles. The number of aromatic amines is 1. The van der Waals surface area contributed by atoms with Crippen LogP contribution in [0.1, 0.15) is 69.8 Å². The molecule has 2 aliphatic heterocycles. The zero-order valence-corrected chi connectivity index (χ0v) is 16.3. The molecule has 3 aliphatic rings. The molecule has 1 spiro atoms. The number of amides is 2. The van der Waals surface area contributed by atoms with Crippen LogP contribution in [-0.2, 0) is 16.0 Å². The Morgan fingerprint density at radius 2 is 2.04 bits per heavy atom. The first-order valence-electron chi connectivity index (χ1n) is 10.7. The summed E-state index contributed by atoms with van der Waals surface area (Å²) in [6.07, 6.45) is 15.0. The van der Waals surface area contributed by atoms with E-state index in [1.54, 1.807) is 0 Å². The Hall–Kier alpha value is -1.85. The molecule has 0 aromatic carbocycles. The number of H-pyrrole nitrogens is 1. The summed E-state index contributed by atoms with van der Waals surface area (Å²) >= 11 is 0. The highest BCUT2D eigenvalue weighted by Crippen LogP contribution is 2.42. The van der Waals surface area contributed by atoms with Crippen molar-refractivity contribution in [2.45, 2.75) is 76.7 Å². The molecule has 2 saturated heterocycles. The number of rotatable bonds is 5. The average Bonchev–Trinajstić information content (AvgIpc) is 3.36. The molecule has 3 fully saturated rings. The van der Waals surface area contributed by atoms with Gasteiger partial charge in [-0.05, 0) is 50.5 Å². The Kier molecular flexibility index (Phi) is 5.50. The molecule has 2 amide bonds. The highest BCUT2D eigenvalue weighted by atomic mass is 16.2. The highest BCUT2D eigenvalue weighted by molar-refractivity contribution is 5.86. The van der Waals surface area contributed by atoms with Crippen LogP contribution in [0.3, 0.4) is 0 Å². The standard InChI is InChI=1S/C21H32N4O2/c26-19(9-4-6-17-14-22-23-15-17)24-13-11-21(16-24)10-5-12-25(20(21)27)18-7-2-1-3-8-18/h14-15,18H,1-13,16H2,(H,22,23)/t21-/m1/s1. The summed E-state index contributed by atoms with van der Waals surface area (Å²) in [7, 11) is 0. The third kappa shape index (κ3) is 3.90. The number of likely N-dealkylation sites (tertiary alicyclic amines) is 2. The lowest BCUT2D eigenvalue weighted by Gasteiger charge is -2.44. The molecule has 4 rings (SSSR count). The van der Waals surface area contributed by atoms with Gasteiger partial charge in [0, 0.05) is 38.3 Å². The van der Waals surface area contributed by atoms with Crippen molar-refractivity contribution < 1.29 is 9.59 Å². The zero-order chi connectivity index (χ0) is 18.7. The molecule has 1 atom stereocenters. The maximum atomic E-state index is 13.4. The number of aryl methyl sites for hydroxylation is 1. The molecule has 0 radical (unpaired) electrons. The number of carbonyl (C=O) groups excluding carboxylic acids is 2. The van der Waals surface area contributed by atoms with Crippen LogP contribution in [-0.4, -0.2) is 57.5 Å². The average molecular weight is 373 g/mol. The predicted molar refractivity (Wildman–Crippen MR) is 103 cm³/mol. The van der Waals surface area contributed by atoms with E-state index in [-0.39, 0.29) is 11.3 Å². The molecule has 1 saturated carbocycles. The molecule has 148 valence electrons. The number of hydrogen-bond acceptors (Lipinski definition) is 3. The molecule has 1 aromatic rings. The fourth-order valence-corrected chi connectivity index (χ4v) is 5.32. The fourth-order valence-electron chi connectivity index (χ4n) is 5.32. The van der Waals surface area contributed by atoms with Gasteiger partial charge in [0.1, 0.15) is 0 Å². The van der Waals surface area contributed by atoms with E-state index in [0.29, 0.717) is 24.9 Å². The second kappa shape index (κ2) is 8.03. The summed E-state index contributed by atoms with van der Waals surface area (Å²) in [5.74, 6) is 0.548. The first kappa shape index (κ1) is 18.5. The van der Waals surface area contributed by atoms with Gasteiger partial charge >= 0.3 is 0 Å². The van der Waals surface area contributed by atoms with Crippen molar-refractivity contribution in [3.8, 4) is 0 Å². The Bertz CT molecular complexity index is 653. The van der Waals surface area contributed by atoms with E-state index < -0.39 is 0 Å². The highest BCUT2D eigenvalue weighted by Gasteiger charge is 2.50. The lowest BCUT2D eigenvalue weighted by Crippen LogP contribution is -2.54. The normalized spacial score (nSPS) is 26.9. The summed E-state index contributed by atoms with van der Waals surface area (Å²) < 4.78 is 0. The van der Waals surface area contributed by atoms with Gasteiger partial charge in [0.2, 0.25) is 11.8 Å². The summed E-state index contributed by atoms with van der Waals surface area (Å²) in [6.45, 7) is 2.30. The van der Waals surface area contributed by atoms with Crippen LogP contribution in [0.5, 0.6) is 0 Å². The van der Waals surface area contributed by atoms with Crippen molar-refractivity contribution in [2.75, 3.05) is 19.6 Å². The van der Waals surface area contributed by atoms with Gasteiger partial charge in [-0.1, -0.05) is 19.3 Å². The number of aromatic nitrogens is 2. The minimum Gasteiger partial charge on any atom is -0.342 e. The Morgan fingerprint density at radius 3 is 2.81 bits per heavy atom. The third-order valence-corrected chi connectivity index (χ3v) is 6.90. The van der Waals surface area contributed by atoms with E-state index in [4.69, 9.17) is 0 Å². The number of nitrogens with one attached hydrogen (secondary N) is 1. The minimum absolute atomic E-state index is 0.206. The van der Waals surface area contributed by atoms with Gasteiger partial charge < -0.3 is 9.80 Å². The van der Waals surface area contributed by atoms with Crippen molar-refractivity contribution in [1.29, 1.82) is 0 Å². The lowest BCUT2D eigenvalue weighted by molar-refractivity contribution is -0.149. The lowest BCUT2D eigenvalue weighted by atomic mass is 9.77. The smallest absolute Gasteiger partial charge is 0.230 e. The van der Waals surface area contributed by atoms with Crippen molar-refractivity contribution in [1.82, 2.24) is 20.0 Å². The van der Waals surface area contributed by atoms with E-state index >= 15 is 0 Å². The molecular weight excluding hydrogens is 340 g/mol. The van der Waals surface area contributed by atoms with Crippen molar-refractivity contribution in [3.05, 3.63) is 18.0 Å². The summed E-state index contributed by atoms with van der Waals surface area (Å²) in [6, 6.07) is 0.447. The SMILES string of the molecule is O=C(CCCc1cn[nH]c1)N1CC[C@]2(CCCN(C3CCCCC3)C2=O)C1. The van der Waals surface area contributed by atoms with Gasteiger partial charge in [-0.2, -0.15) is 5.10 Å². The second-order valence-corrected chi connectivity index (χ2v) is 8.70. The van der Waals surface area contributed by atoms with Crippen molar-refractivity contribution in [2.24, 2.45) is 5.41 Å². The van der Waals surface area contributed by atoms with Gasteiger partial charge in [-0.15, -0.1) is 0 Å². The van der Waals surface area contributed by atoms with Gasteiger partial charge in [0.05, 0.1) is 11.6 Å². The quantitative estimate of drug-likeness (QED) is 0.864. The Labute approximate surface area is 161 Å². The van der Waals surface area contributed by atoms with Crippen LogP contribution in [0, 0.1) is 5.41 Å². The Balaban J connectivity index is 1.32. The largest absolute Gasteiger partial charge is 0.342 e. The molecule has 1 aliphatic carbocycles. The maximum Gasteiger partial charge on any atom is 0.230 e. The van der Waals surface area contributed by atoms with Crippen LogP contribution >= 0.6 is 0 Å². The number of piperidine rings is 1. The predicted octanol–water partition coefficient (Wildman–Crippen LogP) is 2.91. The number of carbonyl (C=O) groups is 2. The Morgan fingerprint density at radius 1 is 1.19 bits per heavy atom. The third-order valence-electron chi connectivity index (χ3n) is 6.90. The van der Waals surface area contributed by atoms with Gasteiger partial charge in [0.25, 0.3) is 0 Å². The monoisotopic (exact) mass is 372 g/mol. The van der Waals surface area contributed by atoms with Crippen LogP contribution in [0.25, 0.3) is 0 Å². The summed E-state index contributed by atoms with van der Waals surface area (Å²) in [5, 5.41) is 6.76. The first-order chi connectivity index (χ1) is 13.2. The van der Waals surface area contributed by atoms with Gasteiger partial charge in [-0.25, -0.2) is 0 Å². The second-order valence-electron chi connectivity index (χ2n) is 8.70. The number of hydrogen-bond donors (Lipinski definition) is 1. The van der Waals surface area contributed by atoms with Crippen LogP contribution in [0.4, 0.5) is 0 Å². The zero-order valence-electron chi connectivity index (χ0n) is 16.3. The van der Waals surface area contributed by atoms with Crippen LogP contribution < -0.4 is 0 Å². The van der Waals surface area contributed by atoms with Crippen molar-refractivity contribution >= 4 is 11.8 Å². The van der Waals surface area contributed by atoms with E-state index in [1.165, 1.54) is 32.1 Å². The molecule has 6 heteroatoms. The molecule has 6 nitrogen and oxygen atoms in total. The summed E-state index contributed by atoms with van der Waals surface area (Å²) in [4.78, 5) is 30.2. The first-order valence-corrected chi connectivity index (χ1v) is 10.7. The fraction of sp³-hybridized carbons (Fsp3) is 0.762. The van der Waals surface area contributed by atoms with E-state index in [1.807, 2.05) is 17.3 Å². The van der Waals surface area contributed by atoms with Crippen LogP contribution in [0.15, 0.2) is 12.4 Å². The maximum absolute atomic E-state index is 13.4. The minimum atomic E-state index is -0.296. The van der Waals surface area contributed by atoms with E-state index in [2.05, 4.69) is 15.1 Å². The molecule has 0 unspecified atom stereocenters. The topological polar surface area (TPSA) is 69.3 Å². The van der Waals surface area contributed by atoms with E-state index in [9.17, 15) is 9.59 Å². The van der Waals surface area contributed by atoms with Crippen molar-refractivity contribution in [3.63, 3.8) is 0 Å². The van der Waals surface area contributed by atoms with Gasteiger partial charge in [0.15, 0.2) is 0 Å². The molecule has 0 bridgehead atoms. The number of nitrogens with zero attached hydrogens (tertiary/aromatic N) is 3. The molecular formula is C21H32N4O2. The van der Waals surface area contributed by atoms with Crippen LogP contribution in [0.2, 0.25) is 0 Å². The molecule has 1 N–H and O–H groups in total. The van der Waals surface area contributed by atoms with Gasteiger partial charge in [-0.3, -0.25) is 14.7 Å². The molecule has 27 heavy (non-hydrogen) atoms.